The van der Waals surface area contributed by atoms with Crippen molar-refractivity contribution >= 4 is 23.6 Å². The number of carbonyl (C=O) groups is 2. The number of hydrogen-bond acceptors (Lipinski definition) is 4. The Hall–Kier alpha value is -1.67. The van der Waals surface area contributed by atoms with Crippen molar-refractivity contribution in [2.75, 3.05) is 38.5 Å². The molecule has 1 fully saturated rings. The minimum atomic E-state index is -0.529. The van der Waals surface area contributed by atoms with Crippen molar-refractivity contribution in [3.05, 3.63) is 29.8 Å². The standard InChI is InChI=1S/C18H25F2N3O2S/c1-18(2,3)21-16(24)11-22-6-8-23(9-7-22)17(25)12-26-15-10-13(19)4-5-14(15)20/h4-5,10H,6-9,11-12H2,1-3H3,(H,21,24). The summed E-state index contributed by atoms with van der Waals surface area (Å²) in [5.74, 6) is -1.14. The zero-order valence-corrected chi connectivity index (χ0v) is 16.2. The molecule has 0 unspecified atom stereocenters. The molecule has 5 nitrogen and oxygen atoms in total. The molecule has 2 amide bonds. The minimum absolute atomic E-state index is 0.0330. The van der Waals surface area contributed by atoms with Crippen molar-refractivity contribution in [3.63, 3.8) is 0 Å². The fourth-order valence-electron chi connectivity index (χ4n) is 2.63. The van der Waals surface area contributed by atoms with Crippen LogP contribution in [-0.2, 0) is 9.59 Å². The first-order valence-electron chi connectivity index (χ1n) is 8.53. The fourth-order valence-corrected chi connectivity index (χ4v) is 3.50. The second-order valence-electron chi connectivity index (χ2n) is 7.32. The van der Waals surface area contributed by atoms with Crippen LogP contribution in [0.5, 0.6) is 0 Å². The summed E-state index contributed by atoms with van der Waals surface area (Å²) < 4.78 is 26.8. The molecule has 144 valence electrons. The molecule has 2 rings (SSSR count). The van der Waals surface area contributed by atoms with E-state index in [0.29, 0.717) is 32.7 Å². The van der Waals surface area contributed by atoms with E-state index in [4.69, 9.17) is 0 Å². The highest BCUT2D eigenvalue weighted by molar-refractivity contribution is 8.00. The van der Waals surface area contributed by atoms with Gasteiger partial charge < -0.3 is 10.2 Å². The van der Waals surface area contributed by atoms with Crippen molar-refractivity contribution < 1.29 is 18.4 Å². The van der Waals surface area contributed by atoms with Gasteiger partial charge in [0.2, 0.25) is 11.8 Å². The van der Waals surface area contributed by atoms with Crippen LogP contribution in [0.1, 0.15) is 20.8 Å². The first-order chi connectivity index (χ1) is 12.1. The van der Waals surface area contributed by atoms with Gasteiger partial charge in [0, 0.05) is 36.6 Å². The summed E-state index contributed by atoms with van der Waals surface area (Å²) in [6, 6.07) is 3.21. The van der Waals surface area contributed by atoms with E-state index < -0.39 is 11.6 Å². The van der Waals surface area contributed by atoms with E-state index in [2.05, 4.69) is 5.32 Å². The summed E-state index contributed by atoms with van der Waals surface area (Å²) in [6.45, 7) is 8.37. The number of carbonyl (C=O) groups excluding carboxylic acids is 2. The van der Waals surface area contributed by atoms with Crippen molar-refractivity contribution in [1.82, 2.24) is 15.1 Å². The third-order valence-corrected chi connectivity index (χ3v) is 4.87. The van der Waals surface area contributed by atoms with Crippen molar-refractivity contribution in [1.29, 1.82) is 0 Å². The Bertz CT molecular complexity index is 656. The molecule has 1 aliphatic rings. The average Bonchev–Trinajstić information content (AvgIpc) is 2.54. The highest BCUT2D eigenvalue weighted by Crippen LogP contribution is 2.23. The molecule has 0 bridgehead atoms. The van der Waals surface area contributed by atoms with Gasteiger partial charge in [0.25, 0.3) is 0 Å². The van der Waals surface area contributed by atoms with Gasteiger partial charge in [-0.15, -0.1) is 11.8 Å². The smallest absolute Gasteiger partial charge is 0.234 e. The van der Waals surface area contributed by atoms with Crippen LogP contribution in [0.25, 0.3) is 0 Å². The lowest BCUT2D eigenvalue weighted by Gasteiger charge is -2.35. The van der Waals surface area contributed by atoms with E-state index in [-0.39, 0.29) is 28.0 Å². The van der Waals surface area contributed by atoms with Crippen LogP contribution in [0.2, 0.25) is 0 Å². The molecule has 1 aromatic rings. The van der Waals surface area contributed by atoms with E-state index in [0.717, 1.165) is 30.0 Å². The summed E-state index contributed by atoms with van der Waals surface area (Å²) in [5.41, 5.74) is -0.266. The quantitative estimate of drug-likeness (QED) is 0.789. The Morgan fingerprint density at radius 2 is 1.81 bits per heavy atom. The molecular weight excluding hydrogens is 360 g/mol. The number of hydrogen-bond donors (Lipinski definition) is 1. The van der Waals surface area contributed by atoms with Gasteiger partial charge in [0.15, 0.2) is 0 Å². The van der Waals surface area contributed by atoms with E-state index in [1.54, 1.807) is 4.90 Å². The van der Waals surface area contributed by atoms with Crippen LogP contribution < -0.4 is 5.32 Å². The molecule has 0 aromatic heterocycles. The summed E-state index contributed by atoms with van der Waals surface area (Å²) in [6.07, 6.45) is 0. The summed E-state index contributed by atoms with van der Waals surface area (Å²) >= 11 is 0.997. The third-order valence-electron chi connectivity index (χ3n) is 3.85. The Kier molecular flexibility index (Phi) is 7.00. The van der Waals surface area contributed by atoms with Gasteiger partial charge in [-0.1, -0.05) is 0 Å². The number of thioether (sulfide) groups is 1. The molecule has 8 heteroatoms. The van der Waals surface area contributed by atoms with Crippen LogP contribution in [-0.4, -0.2) is 65.6 Å². The number of benzene rings is 1. The maximum Gasteiger partial charge on any atom is 0.234 e. The van der Waals surface area contributed by atoms with Crippen LogP contribution in [0, 0.1) is 11.6 Å². The molecule has 1 saturated heterocycles. The Labute approximate surface area is 157 Å². The van der Waals surface area contributed by atoms with Gasteiger partial charge in [-0.3, -0.25) is 14.5 Å². The van der Waals surface area contributed by atoms with Crippen LogP contribution in [0.3, 0.4) is 0 Å². The van der Waals surface area contributed by atoms with Crippen LogP contribution in [0.4, 0.5) is 8.78 Å². The maximum absolute atomic E-state index is 13.6. The van der Waals surface area contributed by atoms with Crippen LogP contribution in [0.15, 0.2) is 23.1 Å². The second-order valence-corrected chi connectivity index (χ2v) is 8.34. The molecule has 0 radical (unpaired) electrons. The van der Waals surface area contributed by atoms with Gasteiger partial charge in [0.05, 0.1) is 12.3 Å². The topological polar surface area (TPSA) is 52.7 Å². The number of nitrogens with zero attached hydrogens (tertiary/aromatic N) is 2. The molecule has 1 heterocycles. The summed E-state index contributed by atoms with van der Waals surface area (Å²) in [7, 11) is 0. The highest BCUT2D eigenvalue weighted by atomic mass is 32.2. The second kappa shape index (κ2) is 8.81. The fraction of sp³-hybridized carbons (Fsp3) is 0.556. The van der Waals surface area contributed by atoms with Gasteiger partial charge in [0.1, 0.15) is 11.6 Å². The molecule has 26 heavy (non-hydrogen) atoms. The molecule has 1 aromatic carbocycles. The lowest BCUT2D eigenvalue weighted by Crippen LogP contribution is -2.53. The average molecular weight is 385 g/mol. The predicted octanol–water partition coefficient (Wildman–Crippen LogP) is 2.12. The molecule has 1 aliphatic heterocycles. The normalized spacial score (nSPS) is 15.8. The van der Waals surface area contributed by atoms with E-state index in [1.165, 1.54) is 0 Å². The van der Waals surface area contributed by atoms with Gasteiger partial charge in [-0.05, 0) is 39.0 Å². The van der Waals surface area contributed by atoms with E-state index >= 15 is 0 Å². The minimum Gasteiger partial charge on any atom is -0.350 e. The monoisotopic (exact) mass is 385 g/mol. The highest BCUT2D eigenvalue weighted by Gasteiger charge is 2.23. The molecule has 0 saturated carbocycles. The molecule has 0 spiro atoms. The predicted molar refractivity (Wildman–Crippen MR) is 98.0 cm³/mol. The van der Waals surface area contributed by atoms with E-state index in [1.807, 2.05) is 25.7 Å². The number of amides is 2. The molecule has 0 atom stereocenters. The van der Waals surface area contributed by atoms with Gasteiger partial charge in [-0.25, -0.2) is 8.78 Å². The molecular formula is C18H25F2N3O2S. The van der Waals surface area contributed by atoms with Crippen molar-refractivity contribution in [2.45, 2.75) is 31.2 Å². The Morgan fingerprint density at radius 1 is 1.15 bits per heavy atom. The summed E-state index contributed by atoms with van der Waals surface area (Å²) in [4.78, 5) is 28.1. The zero-order valence-electron chi connectivity index (χ0n) is 15.3. The first kappa shape index (κ1) is 20.6. The SMILES string of the molecule is CC(C)(C)NC(=O)CN1CCN(C(=O)CSc2cc(F)ccc2F)CC1. The van der Waals surface area contributed by atoms with E-state index in [9.17, 15) is 18.4 Å². The first-order valence-corrected chi connectivity index (χ1v) is 9.51. The van der Waals surface area contributed by atoms with Crippen LogP contribution >= 0.6 is 11.8 Å². The zero-order chi connectivity index (χ0) is 19.3. The van der Waals surface area contributed by atoms with Gasteiger partial charge >= 0.3 is 0 Å². The number of rotatable bonds is 5. The number of halogens is 2. The summed E-state index contributed by atoms with van der Waals surface area (Å²) in [5, 5.41) is 2.92. The Morgan fingerprint density at radius 3 is 2.42 bits per heavy atom. The lowest BCUT2D eigenvalue weighted by atomic mass is 10.1. The lowest BCUT2D eigenvalue weighted by molar-refractivity contribution is -0.130. The molecule has 0 aliphatic carbocycles. The largest absolute Gasteiger partial charge is 0.350 e. The van der Waals surface area contributed by atoms with Crippen molar-refractivity contribution in [2.24, 2.45) is 0 Å². The number of piperazine rings is 1. The molecule has 1 N–H and O–H groups in total. The maximum atomic E-state index is 13.6. The number of nitrogens with one attached hydrogen (secondary N) is 1. The third kappa shape index (κ3) is 6.57. The van der Waals surface area contributed by atoms with Gasteiger partial charge in [-0.2, -0.15) is 0 Å². The van der Waals surface area contributed by atoms with Crippen molar-refractivity contribution in [3.8, 4) is 0 Å². The Balaban J connectivity index is 1.76.